The van der Waals surface area contributed by atoms with Gasteiger partial charge in [-0.3, -0.25) is 14.4 Å². The normalized spacial score (nSPS) is 11.9. The highest BCUT2D eigenvalue weighted by molar-refractivity contribution is 6.10. The average molecular weight is 627 g/mol. The summed E-state index contributed by atoms with van der Waals surface area (Å²) in [5.74, 6) is -1.47. The van der Waals surface area contributed by atoms with E-state index in [0.717, 1.165) is 11.1 Å². The van der Waals surface area contributed by atoms with Crippen LogP contribution in [0.5, 0.6) is 0 Å². The molecule has 0 N–H and O–H groups in total. The zero-order valence-electron chi connectivity index (χ0n) is 25.6. The molecule has 0 radical (unpaired) electrons. The summed E-state index contributed by atoms with van der Waals surface area (Å²) in [4.78, 5) is 68.6. The van der Waals surface area contributed by atoms with E-state index in [1.807, 2.05) is 36.4 Å². The molecule has 9 nitrogen and oxygen atoms in total. The Morgan fingerprint density at radius 3 is 1.04 bits per heavy atom. The highest BCUT2D eigenvalue weighted by Crippen LogP contribution is 2.38. The van der Waals surface area contributed by atoms with E-state index >= 15 is 0 Å². The minimum atomic E-state index is -0.477. The van der Waals surface area contributed by atoms with Crippen molar-refractivity contribution in [1.82, 2.24) is 29.9 Å². The summed E-state index contributed by atoms with van der Waals surface area (Å²) in [6.07, 6.45) is 1.38. The number of hydrogen-bond donors (Lipinski definition) is 0. The maximum atomic E-state index is 13.7. The van der Waals surface area contributed by atoms with Crippen LogP contribution >= 0.6 is 0 Å². The summed E-state index contributed by atoms with van der Waals surface area (Å²) in [7, 11) is 0. The maximum Gasteiger partial charge on any atom is 0.230 e. The molecule has 2 aromatic heterocycles. The first kappa shape index (κ1) is 30.1. The maximum absolute atomic E-state index is 13.7. The van der Waals surface area contributed by atoms with Crippen LogP contribution in [0.4, 0.5) is 0 Å². The summed E-state index contributed by atoms with van der Waals surface area (Å²) in [5.41, 5.74) is 3.66. The first-order chi connectivity index (χ1) is 23.5. The van der Waals surface area contributed by atoms with Crippen LogP contribution in [0.3, 0.4) is 0 Å². The molecule has 0 bridgehead atoms. The Kier molecular flexibility index (Phi) is 8.15. The van der Waals surface area contributed by atoms with E-state index in [1.54, 1.807) is 84.9 Å². The summed E-state index contributed by atoms with van der Waals surface area (Å²) < 4.78 is 0. The van der Waals surface area contributed by atoms with Gasteiger partial charge in [0.15, 0.2) is 17.5 Å². The van der Waals surface area contributed by atoms with Crippen molar-refractivity contribution in [2.45, 2.75) is 12.8 Å². The van der Waals surface area contributed by atoms with Crippen molar-refractivity contribution in [3.63, 3.8) is 0 Å². The van der Waals surface area contributed by atoms with Crippen molar-refractivity contribution >= 4 is 28.5 Å². The second kappa shape index (κ2) is 13.0. The molecule has 1 aliphatic carbocycles. The van der Waals surface area contributed by atoms with Crippen molar-refractivity contribution in [2.24, 2.45) is 0 Å². The lowest BCUT2D eigenvalue weighted by atomic mass is 10.1. The molecule has 0 atom stereocenters. The molecule has 1 fully saturated rings. The van der Waals surface area contributed by atoms with Crippen LogP contribution < -0.4 is 0 Å². The molecule has 48 heavy (non-hydrogen) atoms. The fraction of sp³-hybridized carbons (Fsp3) is 0.0513. The van der Waals surface area contributed by atoms with Crippen LogP contribution in [0.25, 0.3) is 11.1 Å². The van der Waals surface area contributed by atoms with Crippen LogP contribution in [0, 0.1) is 0 Å². The van der Waals surface area contributed by atoms with Crippen LogP contribution in [0.15, 0.2) is 133 Å². The fourth-order valence-corrected chi connectivity index (χ4v) is 5.07. The molecule has 0 aliphatic heterocycles. The molecule has 0 saturated heterocycles. The van der Waals surface area contributed by atoms with Crippen molar-refractivity contribution in [3.8, 4) is 0 Å². The van der Waals surface area contributed by atoms with E-state index in [1.165, 1.54) is 0 Å². The molecule has 1 saturated carbocycles. The van der Waals surface area contributed by atoms with Crippen molar-refractivity contribution in [2.75, 3.05) is 0 Å². The largest absolute Gasteiger partial charge is 0.285 e. The van der Waals surface area contributed by atoms with Gasteiger partial charge in [-0.1, -0.05) is 133 Å². The number of hydrogen-bond acceptors (Lipinski definition) is 9. The van der Waals surface area contributed by atoms with E-state index in [-0.39, 0.29) is 34.9 Å². The van der Waals surface area contributed by atoms with Gasteiger partial charge in [-0.05, 0) is 18.4 Å². The Bertz CT molecular complexity index is 1940. The van der Waals surface area contributed by atoms with Gasteiger partial charge >= 0.3 is 0 Å². The standard InChI is InChI=1S/C39H26N6O3/c1-24(25-14-6-2-7-15-25)34-40-35(42-37(41-34)31(46)27-16-8-3-9-17-27)30(26-22-23-26)36-43-38(32(47)28-18-10-4-11-19-28)45-39(44-36)33(48)29-20-12-5-13-21-29/h2-21H,1,22-23H2. The van der Waals surface area contributed by atoms with E-state index in [2.05, 4.69) is 31.5 Å². The Hall–Kier alpha value is -6.61. The number of carbonyl (C=O) groups is 3. The number of benzene rings is 4. The molecular formula is C39H26N6O3. The zero-order valence-corrected chi connectivity index (χ0v) is 25.6. The zero-order chi connectivity index (χ0) is 33.0. The molecule has 2 heterocycles. The van der Waals surface area contributed by atoms with Gasteiger partial charge in [-0.15, -0.1) is 0 Å². The Labute approximate surface area is 275 Å². The third-order valence-corrected chi connectivity index (χ3v) is 7.68. The number of carbonyl (C=O) groups excluding carboxylic acids is 3. The molecule has 4 aromatic carbocycles. The predicted molar refractivity (Wildman–Crippen MR) is 179 cm³/mol. The quantitative estimate of drug-likeness (QED) is 0.159. The van der Waals surface area contributed by atoms with Gasteiger partial charge in [0.05, 0.1) is 5.57 Å². The molecule has 6 aromatic rings. The molecular weight excluding hydrogens is 600 g/mol. The monoisotopic (exact) mass is 626 g/mol. The van der Waals surface area contributed by atoms with E-state index in [9.17, 15) is 14.4 Å². The number of nitrogens with zero attached hydrogens (tertiary/aromatic N) is 6. The van der Waals surface area contributed by atoms with Gasteiger partial charge in [-0.2, -0.15) is 0 Å². The lowest BCUT2D eigenvalue weighted by Gasteiger charge is -2.12. The summed E-state index contributed by atoms with van der Waals surface area (Å²) in [6.45, 7) is 4.23. The van der Waals surface area contributed by atoms with Gasteiger partial charge in [0.1, 0.15) is 0 Å². The van der Waals surface area contributed by atoms with Gasteiger partial charge in [-0.25, -0.2) is 29.9 Å². The topological polar surface area (TPSA) is 129 Å². The second-order valence-electron chi connectivity index (χ2n) is 11.0. The minimum Gasteiger partial charge on any atom is -0.285 e. The van der Waals surface area contributed by atoms with Crippen molar-refractivity contribution in [3.05, 3.63) is 191 Å². The lowest BCUT2D eigenvalue weighted by molar-refractivity contribution is 0.101. The van der Waals surface area contributed by atoms with Crippen molar-refractivity contribution in [1.29, 1.82) is 0 Å². The third kappa shape index (κ3) is 6.25. The lowest BCUT2D eigenvalue weighted by Crippen LogP contribution is -2.19. The molecule has 0 amide bonds. The van der Waals surface area contributed by atoms with E-state index < -0.39 is 17.3 Å². The van der Waals surface area contributed by atoms with E-state index in [0.29, 0.717) is 40.7 Å². The molecule has 230 valence electrons. The van der Waals surface area contributed by atoms with Crippen LogP contribution in [-0.4, -0.2) is 47.3 Å². The van der Waals surface area contributed by atoms with Gasteiger partial charge < -0.3 is 0 Å². The Balaban J connectivity index is 1.42. The minimum absolute atomic E-state index is 0.0524. The fourth-order valence-electron chi connectivity index (χ4n) is 5.07. The Morgan fingerprint density at radius 1 is 0.396 bits per heavy atom. The van der Waals surface area contributed by atoms with Crippen molar-refractivity contribution < 1.29 is 14.4 Å². The van der Waals surface area contributed by atoms with Gasteiger partial charge in [0.2, 0.25) is 34.8 Å². The van der Waals surface area contributed by atoms with Crippen LogP contribution in [0.1, 0.15) is 84.4 Å². The highest BCUT2D eigenvalue weighted by Gasteiger charge is 2.30. The first-order valence-electron chi connectivity index (χ1n) is 15.2. The SMILES string of the molecule is C=C(c1ccccc1)c1nc(C(=O)c2ccccc2)nc(C(=C2CC2)c2nc(C(=O)c3ccccc3)nc(C(=O)c3ccccc3)n2)n1. The predicted octanol–water partition coefficient (Wildman–Crippen LogP) is 6.41. The summed E-state index contributed by atoms with van der Waals surface area (Å²) in [5, 5.41) is 0. The number of aromatic nitrogens is 6. The Morgan fingerprint density at radius 2 is 0.688 bits per heavy atom. The van der Waals surface area contributed by atoms with Gasteiger partial charge in [0, 0.05) is 22.3 Å². The van der Waals surface area contributed by atoms with Crippen LogP contribution in [0.2, 0.25) is 0 Å². The molecule has 0 unspecified atom stereocenters. The molecule has 9 heteroatoms. The average Bonchev–Trinajstić information content (AvgIpc) is 4.00. The molecule has 7 rings (SSSR count). The summed E-state index contributed by atoms with van der Waals surface area (Å²) >= 11 is 0. The number of ketones is 3. The number of allylic oxidation sites excluding steroid dienone is 1. The molecule has 0 spiro atoms. The smallest absolute Gasteiger partial charge is 0.230 e. The molecule has 1 aliphatic rings. The number of rotatable bonds is 10. The van der Waals surface area contributed by atoms with Crippen LogP contribution in [-0.2, 0) is 0 Å². The first-order valence-corrected chi connectivity index (χ1v) is 15.2. The van der Waals surface area contributed by atoms with Gasteiger partial charge in [0.25, 0.3) is 0 Å². The second-order valence-corrected chi connectivity index (χ2v) is 11.0. The van der Waals surface area contributed by atoms with E-state index in [4.69, 9.17) is 4.98 Å². The summed E-state index contributed by atoms with van der Waals surface area (Å²) in [6, 6.07) is 35.2. The highest BCUT2D eigenvalue weighted by atomic mass is 16.1. The third-order valence-electron chi connectivity index (χ3n) is 7.68.